The normalized spacial score (nSPS) is 11.5. The molecule has 52 heavy (non-hydrogen) atoms. The highest BCUT2D eigenvalue weighted by Gasteiger charge is 2.23. The average molecular weight is 666 g/mol. The summed E-state index contributed by atoms with van der Waals surface area (Å²) in [6, 6.07) is 65.2. The summed E-state index contributed by atoms with van der Waals surface area (Å²) in [6.07, 6.45) is 0. The van der Waals surface area contributed by atoms with Crippen LogP contribution in [0, 0.1) is 0 Å². The first-order chi connectivity index (χ1) is 25.8. The summed E-state index contributed by atoms with van der Waals surface area (Å²) in [5.74, 6) is 1.57. The van der Waals surface area contributed by atoms with Gasteiger partial charge < -0.3 is 8.98 Å². The van der Waals surface area contributed by atoms with Crippen LogP contribution in [-0.4, -0.2) is 14.5 Å². The van der Waals surface area contributed by atoms with Crippen LogP contribution in [0.2, 0.25) is 0 Å². The summed E-state index contributed by atoms with van der Waals surface area (Å²) in [4.78, 5) is 10.1. The second-order valence-electron chi connectivity index (χ2n) is 13.0. The van der Waals surface area contributed by atoms with Gasteiger partial charge in [-0.1, -0.05) is 140 Å². The summed E-state index contributed by atoms with van der Waals surface area (Å²) in [6.45, 7) is 0. The Bertz CT molecular complexity index is 2800. The number of furan rings is 1. The lowest BCUT2D eigenvalue weighted by molar-refractivity contribution is 0.636. The molecule has 7 aromatic carbocycles. The average Bonchev–Trinajstić information content (AvgIpc) is 3.78. The van der Waals surface area contributed by atoms with Crippen molar-refractivity contribution in [3.8, 4) is 62.0 Å². The predicted octanol–water partition coefficient (Wildman–Crippen LogP) is 12.7. The lowest BCUT2D eigenvalue weighted by atomic mass is 9.98. The summed E-state index contributed by atoms with van der Waals surface area (Å²) in [5, 5.41) is 3.34. The predicted molar refractivity (Wildman–Crippen MR) is 213 cm³/mol. The van der Waals surface area contributed by atoms with Crippen LogP contribution in [0.4, 0.5) is 0 Å². The molecule has 0 aliphatic rings. The second-order valence-corrected chi connectivity index (χ2v) is 13.0. The van der Waals surface area contributed by atoms with Crippen LogP contribution >= 0.6 is 0 Å². The summed E-state index contributed by atoms with van der Waals surface area (Å²) >= 11 is 0. The maximum atomic E-state index is 6.95. The summed E-state index contributed by atoms with van der Waals surface area (Å²) in [5.41, 5.74) is 12.3. The topological polar surface area (TPSA) is 43.9 Å². The first-order valence-corrected chi connectivity index (χ1v) is 17.5. The molecular weight excluding hydrogens is 635 g/mol. The molecule has 4 heteroatoms. The van der Waals surface area contributed by atoms with Crippen molar-refractivity contribution in [3.63, 3.8) is 0 Å². The molecule has 0 fully saturated rings. The minimum atomic E-state index is 0.688. The van der Waals surface area contributed by atoms with E-state index in [9.17, 15) is 0 Å². The molecule has 0 bridgehead atoms. The second kappa shape index (κ2) is 12.4. The van der Waals surface area contributed by atoms with Gasteiger partial charge in [0.05, 0.1) is 27.8 Å². The van der Waals surface area contributed by atoms with E-state index in [-0.39, 0.29) is 0 Å². The maximum absolute atomic E-state index is 6.95. The van der Waals surface area contributed by atoms with Gasteiger partial charge in [0.1, 0.15) is 11.3 Å². The number of hydrogen-bond acceptors (Lipinski definition) is 3. The Morgan fingerprint density at radius 3 is 1.56 bits per heavy atom. The molecule has 0 N–H and O–H groups in total. The van der Waals surface area contributed by atoms with Crippen LogP contribution in [0.5, 0.6) is 0 Å². The molecule has 0 aliphatic heterocycles. The highest BCUT2D eigenvalue weighted by molar-refractivity contribution is 6.22. The molecule has 4 nitrogen and oxygen atoms in total. The van der Waals surface area contributed by atoms with Crippen molar-refractivity contribution in [2.75, 3.05) is 0 Å². The van der Waals surface area contributed by atoms with Gasteiger partial charge in [-0.3, -0.25) is 0 Å². The maximum Gasteiger partial charge on any atom is 0.160 e. The van der Waals surface area contributed by atoms with Gasteiger partial charge >= 0.3 is 0 Å². The van der Waals surface area contributed by atoms with Gasteiger partial charge in [0, 0.05) is 44.3 Å². The third kappa shape index (κ3) is 5.00. The summed E-state index contributed by atoms with van der Waals surface area (Å²) < 4.78 is 9.28. The van der Waals surface area contributed by atoms with Crippen molar-refractivity contribution < 1.29 is 4.42 Å². The van der Waals surface area contributed by atoms with Crippen molar-refractivity contribution in [2.45, 2.75) is 0 Å². The van der Waals surface area contributed by atoms with Gasteiger partial charge in [0.2, 0.25) is 0 Å². The number of benzene rings is 7. The fraction of sp³-hybridized carbons (Fsp3) is 0. The van der Waals surface area contributed by atoms with Crippen LogP contribution in [0.25, 0.3) is 94.8 Å². The molecule has 0 radical (unpaired) electrons. The van der Waals surface area contributed by atoms with Crippen molar-refractivity contribution in [1.82, 2.24) is 14.5 Å². The first-order valence-electron chi connectivity index (χ1n) is 17.5. The Kier molecular flexibility index (Phi) is 7.10. The van der Waals surface area contributed by atoms with E-state index < -0.39 is 0 Å². The Hall–Kier alpha value is -7.04. The highest BCUT2D eigenvalue weighted by Crippen LogP contribution is 2.46. The van der Waals surface area contributed by atoms with E-state index in [0.717, 1.165) is 89.0 Å². The molecule has 10 aromatic rings. The molecule has 244 valence electrons. The van der Waals surface area contributed by atoms with Gasteiger partial charge in [-0.15, -0.1) is 0 Å². The zero-order valence-electron chi connectivity index (χ0n) is 28.1. The molecule has 3 aromatic heterocycles. The molecule has 0 unspecified atom stereocenters. The SMILES string of the molecule is c1ccc(-c2cc(-c3ccccc3)nc(-c3ccc(-n4c5ccccc5c5c6oc(-c7ccccc7)c(-c7ccccc7)c6ccc54)cc3)n2)cc1. The minimum absolute atomic E-state index is 0.688. The molecule has 3 heterocycles. The Morgan fingerprint density at radius 1 is 0.404 bits per heavy atom. The Labute approximate surface area is 300 Å². The Morgan fingerprint density at radius 2 is 0.942 bits per heavy atom. The van der Waals surface area contributed by atoms with Crippen molar-refractivity contribution in [1.29, 1.82) is 0 Å². The smallest absolute Gasteiger partial charge is 0.160 e. The van der Waals surface area contributed by atoms with Crippen LogP contribution in [0.1, 0.15) is 0 Å². The molecule has 0 spiro atoms. The third-order valence-corrected chi connectivity index (χ3v) is 9.84. The fourth-order valence-corrected chi connectivity index (χ4v) is 7.42. The third-order valence-electron chi connectivity index (χ3n) is 9.84. The van der Waals surface area contributed by atoms with Crippen molar-refractivity contribution in [3.05, 3.63) is 188 Å². The van der Waals surface area contributed by atoms with Crippen LogP contribution < -0.4 is 0 Å². The number of para-hydroxylation sites is 1. The van der Waals surface area contributed by atoms with E-state index in [0.29, 0.717) is 5.82 Å². The quantitative estimate of drug-likeness (QED) is 0.178. The number of hydrogen-bond donors (Lipinski definition) is 0. The van der Waals surface area contributed by atoms with Gasteiger partial charge in [0.15, 0.2) is 5.82 Å². The molecule has 0 amide bonds. The van der Waals surface area contributed by atoms with E-state index in [1.165, 1.54) is 0 Å². The molecule has 0 saturated carbocycles. The molecule has 0 atom stereocenters. The molecule has 0 saturated heterocycles. The lowest BCUT2D eigenvalue weighted by Gasteiger charge is -2.11. The van der Waals surface area contributed by atoms with Gasteiger partial charge in [-0.2, -0.15) is 0 Å². The fourth-order valence-electron chi connectivity index (χ4n) is 7.42. The van der Waals surface area contributed by atoms with Crippen molar-refractivity contribution >= 4 is 32.8 Å². The van der Waals surface area contributed by atoms with Crippen molar-refractivity contribution in [2.24, 2.45) is 0 Å². The molecule has 0 aliphatic carbocycles. The van der Waals surface area contributed by atoms with E-state index in [2.05, 4.69) is 150 Å². The van der Waals surface area contributed by atoms with E-state index >= 15 is 0 Å². The van der Waals surface area contributed by atoms with Gasteiger partial charge in [-0.25, -0.2) is 9.97 Å². The lowest BCUT2D eigenvalue weighted by Crippen LogP contribution is -1.97. The number of aromatic nitrogens is 3. The van der Waals surface area contributed by atoms with Crippen LogP contribution in [0.3, 0.4) is 0 Å². The number of rotatable bonds is 6. The monoisotopic (exact) mass is 665 g/mol. The van der Waals surface area contributed by atoms with E-state index in [4.69, 9.17) is 14.4 Å². The Balaban J connectivity index is 1.15. The van der Waals surface area contributed by atoms with Crippen LogP contribution in [-0.2, 0) is 0 Å². The molecule has 10 rings (SSSR count). The zero-order chi connectivity index (χ0) is 34.4. The van der Waals surface area contributed by atoms with Gasteiger partial charge in [0.25, 0.3) is 0 Å². The number of fused-ring (bicyclic) bond motifs is 5. The highest BCUT2D eigenvalue weighted by atomic mass is 16.3. The zero-order valence-corrected chi connectivity index (χ0v) is 28.1. The minimum Gasteiger partial charge on any atom is -0.455 e. The summed E-state index contributed by atoms with van der Waals surface area (Å²) in [7, 11) is 0. The first kappa shape index (κ1) is 29.8. The molecular formula is C48H31N3O. The largest absolute Gasteiger partial charge is 0.455 e. The standard InChI is InChI=1S/C48H31N3O/c1-5-15-32(16-6-1)40-31-41(33-17-7-2-8-18-33)50-48(49-40)36-25-27-37(28-26-36)51-42-24-14-13-23-38(42)45-43(51)30-29-39-44(34-19-9-3-10-20-34)46(52-47(39)45)35-21-11-4-12-22-35/h1-31H. The van der Waals surface area contributed by atoms with Crippen LogP contribution in [0.15, 0.2) is 192 Å². The van der Waals surface area contributed by atoms with Gasteiger partial charge in [-0.05, 0) is 54.1 Å². The van der Waals surface area contributed by atoms with E-state index in [1.807, 2.05) is 42.5 Å². The van der Waals surface area contributed by atoms with E-state index in [1.54, 1.807) is 0 Å². The number of nitrogens with zero attached hydrogens (tertiary/aromatic N) is 3.